The predicted octanol–water partition coefficient (Wildman–Crippen LogP) is 2.27. The molecule has 0 aromatic heterocycles. The van der Waals surface area contributed by atoms with Gasteiger partial charge in [0.2, 0.25) is 5.91 Å². The SMILES string of the molecule is COc1cc(OC)c(OC)cc1CNC(=O)C1CCCC(N)C1.Cl. The molecule has 136 valence electrons. The number of benzene rings is 1. The van der Waals surface area contributed by atoms with Crippen molar-refractivity contribution in [2.45, 2.75) is 38.3 Å². The van der Waals surface area contributed by atoms with Crippen LogP contribution in [-0.2, 0) is 11.3 Å². The number of amides is 1. The highest BCUT2D eigenvalue weighted by atomic mass is 35.5. The molecule has 1 fully saturated rings. The molecule has 0 aliphatic heterocycles. The van der Waals surface area contributed by atoms with Gasteiger partial charge in [0, 0.05) is 30.1 Å². The molecule has 0 saturated heterocycles. The number of ether oxygens (including phenoxy) is 3. The molecule has 2 unspecified atom stereocenters. The minimum Gasteiger partial charge on any atom is -0.496 e. The standard InChI is InChI=1S/C17H26N2O4.ClH/c1-21-14-9-16(23-3)15(22-2)8-12(14)10-19-17(20)11-5-4-6-13(18)7-11;/h8-9,11,13H,4-7,10,18H2,1-3H3,(H,19,20);1H. The lowest BCUT2D eigenvalue weighted by molar-refractivity contribution is -0.126. The lowest BCUT2D eigenvalue weighted by atomic mass is 9.85. The average molecular weight is 359 g/mol. The van der Waals surface area contributed by atoms with Crippen LogP contribution in [0.25, 0.3) is 0 Å². The molecule has 1 aliphatic rings. The van der Waals surface area contributed by atoms with Crippen LogP contribution in [0.5, 0.6) is 17.2 Å². The Morgan fingerprint density at radius 1 is 1.12 bits per heavy atom. The summed E-state index contributed by atoms with van der Waals surface area (Å²) in [6.07, 6.45) is 3.68. The Bertz CT molecular complexity index is 554. The van der Waals surface area contributed by atoms with E-state index in [2.05, 4.69) is 5.32 Å². The van der Waals surface area contributed by atoms with Crippen molar-refractivity contribution in [1.82, 2.24) is 5.32 Å². The number of rotatable bonds is 6. The van der Waals surface area contributed by atoms with E-state index in [1.807, 2.05) is 6.07 Å². The number of carbonyl (C=O) groups is 1. The van der Waals surface area contributed by atoms with Crippen molar-refractivity contribution in [3.63, 3.8) is 0 Å². The third-order valence-electron chi connectivity index (χ3n) is 4.33. The van der Waals surface area contributed by atoms with Gasteiger partial charge in [-0.25, -0.2) is 0 Å². The molecule has 1 saturated carbocycles. The molecule has 1 aromatic rings. The second-order valence-electron chi connectivity index (χ2n) is 5.86. The fraction of sp³-hybridized carbons (Fsp3) is 0.588. The molecule has 7 heteroatoms. The number of nitrogens with two attached hydrogens (primary N) is 1. The van der Waals surface area contributed by atoms with Crippen molar-refractivity contribution in [3.05, 3.63) is 17.7 Å². The van der Waals surface area contributed by atoms with Gasteiger partial charge in [0.1, 0.15) is 5.75 Å². The normalized spacial score (nSPS) is 19.8. The molecule has 1 aliphatic carbocycles. The zero-order valence-corrected chi connectivity index (χ0v) is 15.3. The summed E-state index contributed by atoms with van der Waals surface area (Å²) in [5, 5.41) is 2.98. The van der Waals surface area contributed by atoms with E-state index in [0.717, 1.165) is 31.2 Å². The Morgan fingerprint density at radius 3 is 2.33 bits per heavy atom. The van der Waals surface area contributed by atoms with Crippen molar-refractivity contribution < 1.29 is 19.0 Å². The van der Waals surface area contributed by atoms with Gasteiger partial charge in [-0.2, -0.15) is 0 Å². The van der Waals surface area contributed by atoms with E-state index < -0.39 is 0 Å². The predicted molar refractivity (Wildman–Crippen MR) is 95.1 cm³/mol. The smallest absolute Gasteiger partial charge is 0.223 e. The molecule has 0 bridgehead atoms. The highest BCUT2D eigenvalue weighted by molar-refractivity contribution is 5.85. The highest BCUT2D eigenvalue weighted by Crippen LogP contribution is 2.34. The van der Waals surface area contributed by atoms with Crippen LogP contribution in [0.2, 0.25) is 0 Å². The summed E-state index contributed by atoms with van der Waals surface area (Å²) in [6.45, 7) is 0.383. The molecule has 0 radical (unpaired) electrons. The molecule has 1 amide bonds. The van der Waals surface area contributed by atoms with Gasteiger partial charge >= 0.3 is 0 Å². The third kappa shape index (κ3) is 4.92. The largest absolute Gasteiger partial charge is 0.496 e. The topological polar surface area (TPSA) is 82.8 Å². The summed E-state index contributed by atoms with van der Waals surface area (Å²) in [4.78, 5) is 12.3. The Morgan fingerprint density at radius 2 is 1.75 bits per heavy atom. The average Bonchev–Trinajstić information content (AvgIpc) is 2.58. The fourth-order valence-electron chi connectivity index (χ4n) is 3.02. The number of nitrogens with one attached hydrogen (secondary N) is 1. The maximum atomic E-state index is 12.3. The second-order valence-corrected chi connectivity index (χ2v) is 5.86. The number of methoxy groups -OCH3 is 3. The lowest BCUT2D eigenvalue weighted by Crippen LogP contribution is -2.37. The van der Waals surface area contributed by atoms with Crippen molar-refractivity contribution >= 4 is 18.3 Å². The molecule has 2 atom stereocenters. The van der Waals surface area contributed by atoms with Crippen LogP contribution in [0.3, 0.4) is 0 Å². The molecule has 0 spiro atoms. The van der Waals surface area contributed by atoms with E-state index in [1.165, 1.54) is 0 Å². The number of hydrogen-bond donors (Lipinski definition) is 2. The molecular formula is C17H27ClN2O4. The van der Waals surface area contributed by atoms with E-state index >= 15 is 0 Å². The van der Waals surface area contributed by atoms with Crippen LogP contribution in [0, 0.1) is 5.92 Å². The van der Waals surface area contributed by atoms with Crippen LogP contribution >= 0.6 is 12.4 Å². The lowest BCUT2D eigenvalue weighted by Gasteiger charge is -2.25. The number of hydrogen-bond acceptors (Lipinski definition) is 5. The maximum absolute atomic E-state index is 12.3. The summed E-state index contributed by atoms with van der Waals surface area (Å²) in [7, 11) is 4.74. The summed E-state index contributed by atoms with van der Waals surface area (Å²) >= 11 is 0. The summed E-state index contributed by atoms with van der Waals surface area (Å²) in [5.41, 5.74) is 6.80. The summed E-state index contributed by atoms with van der Waals surface area (Å²) < 4.78 is 15.9. The van der Waals surface area contributed by atoms with Crippen LogP contribution in [0.15, 0.2) is 12.1 Å². The minimum atomic E-state index is 0. The van der Waals surface area contributed by atoms with Gasteiger partial charge in [-0.15, -0.1) is 12.4 Å². The second kappa shape index (κ2) is 9.59. The zero-order chi connectivity index (χ0) is 16.8. The van der Waals surface area contributed by atoms with Crippen LogP contribution in [0.1, 0.15) is 31.2 Å². The van der Waals surface area contributed by atoms with E-state index in [4.69, 9.17) is 19.9 Å². The van der Waals surface area contributed by atoms with Crippen molar-refractivity contribution in [2.75, 3.05) is 21.3 Å². The number of carbonyl (C=O) groups excluding carboxylic acids is 1. The first kappa shape index (κ1) is 20.4. The summed E-state index contributed by atoms with van der Waals surface area (Å²) in [5.74, 6) is 1.92. The Labute approximate surface area is 149 Å². The van der Waals surface area contributed by atoms with Crippen LogP contribution in [0.4, 0.5) is 0 Å². The maximum Gasteiger partial charge on any atom is 0.223 e. The number of halogens is 1. The third-order valence-corrected chi connectivity index (χ3v) is 4.33. The van der Waals surface area contributed by atoms with E-state index in [1.54, 1.807) is 27.4 Å². The highest BCUT2D eigenvalue weighted by Gasteiger charge is 2.25. The van der Waals surface area contributed by atoms with Gasteiger partial charge in [0.15, 0.2) is 11.5 Å². The van der Waals surface area contributed by atoms with Crippen molar-refractivity contribution in [3.8, 4) is 17.2 Å². The van der Waals surface area contributed by atoms with Crippen molar-refractivity contribution in [2.24, 2.45) is 11.7 Å². The molecule has 1 aromatic carbocycles. The Hall–Kier alpha value is -1.66. The van der Waals surface area contributed by atoms with Gasteiger partial charge in [-0.1, -0.05) is 6.42 Å². The van der Waals surface area contributed by atoms with Crippen LogP contribution < -0.4 is 25.3 Å². The van der Waals surface area contributed by atoms with E-state index in [0.29, 0.717) is 23.8 Å². The monoisotopic (exact) mass is 358 g/mol. The molecule has 0 heterocycles. The molecular weight excluding hydrogens is 332 g/mol. The molecule has 2 rings (SSSR count). The minimum absolute atomic E-state index is 0. The van der Waals surface area contributed by atoms with Gasteiger partial charge in [-0.3, -0.25) is 4.79 Å². The molecule has 24 heavy (non-hydrogen) atoms. The van der Waals surface area contributed by atoms with Crippen molar-refractivity contribution in [1.29, 1.82) is 0 Å². The first-order valence-corrected chi connectivity index (χ1v) is 7.91. The Kier molecular flexibility index (Phi) is 8.15. The van der Waals surface area contributed by atoms with Gasteiger partial charge < -0.3 is 25.3 Å². The summed E-state index contributed by atoms with van der Waals surface area (Å²) in [6, 6.07) is 3.72. The van der Waals surface area contributed by atoms with Gasteiger partial charge in [-0.05, 0) is 25.3 Å². The first-order valence-electron chi connectivity index (χ1n) is 7.91. The van der Waals surface area contributed by atoms with Crippen LogP contribution in [-0.4, -0.2) is 33.3 Å². The molecule has 3 N–H and O–H groups in total. The quantitative estimate of drug-likeness (QED) is 0.815. The van der Waals surface area contributed by atoms with E-state index in [-0.39, 0.29) is 30.3 Å². The van der Waals surface area contributed by atoms with E-state index in [9.17, 15) is 4.79 Å². The fourth-order valence-corrected chi connectivity index (χ4v) is 3.02. The Balaban J connectivity index is 0.00000288. The van der Waals surface area contributed by atoms with Gasteiger partial charge in [0.25, 0.3) is 0 Å². The zero-order valence-electron chi connectivity index (χ0n) is 14.5. The molecule has 6 nitrogen and oxygen atoms in total. The first-order chi connectivity index (χ1) is 11.1. The van der Waals surface area contributed by atoms with Gasteiger partial charge in [0.05, 0.1) is 21.3 Å².